The lowest BCUT2D eigenvalue weighted by atomic mass is 10.1. The third-order valence-corrected chi connectivity index (χ3v) is 5.19. The lowest BCUT2D eigenvalue weighted by Crippen LogP contribution is -2.23. The van der Waals surface area contributed by atoms with Crippen LogP contribution in [0.1, 0.15) is 24.8 Å². The van der Waals surface area contributed by atoms with Crippen LogP contribution in [0.15, 0.2) is 60.8 Å². The molecule has 37 heavy (non-hydrogen) atoms. The quantitative estimate of drug-likeness (QED) is 0.276. The van der Waals surface area contributed by atoms with E-state index in [-0.39, 0.29) is 34.8 Å². The summed E-state index contributed by atoms with van der Waals surface area (Å²) in [7, 11) is 0. The number of alkyl halides is 3. The second-order valence-electron chi connectivity index (χ2n) is 8.23. The number of carbonyl (C=O) groups is 3. The number of anilines is 3. The molecule has 0 radical (unpaired) electrons. The van der Waals surface area contributed by atoms with Crippen molar-refractivity contribution in [3.8, 4) is 11.5 Å². The van der Waals surface area contributed by atoms with Gasteiger partial charge in [-0.3, -0.25) is 14.4 Å². The van der Waals surface area contributed by atoms with Gasteiger partial charge in [0.2, 0.25) is 17.7 Å². The summed E-state index contributed by atoms with van der Waals surface area (Å²) in [4.78, 5) is 40.2. The number of amides is 3. The van der Waals surface area contributed by atoms with E-state index in [0.29, 0.717) is 6.07 Å². The molecule has 3 aromatic rings. The Morgan fingerprint density at radius 2 is 1.57 bits per heavy atom. The van der Waals surface area contributed by atoms with E-state index in [1.54, 1.807) is 0 Å². The van der Waals surface area contributed by atoms with Crippen LogP contribution < -0.4 is 20.7 Å². The summed E-state index contributed by atoms with van der Waals surface area (Å²) in [5, 5.41) is 7.06. The molecular formula is C25H20F4N4O4. The fraction of sp³-hybridized carbons (Fsp3) is 0.200. The zero-order chi connectivity index (χ0) is 26.6. The summed E-state index contributed by atoms with van der Waals surface area (Å²) in [5.74, 6) is -2.37. The predicted molar refractivity (Wildman–Crippen MR) is 125 cm³/mol. The van der Waals surface area contributed by atoms with Gasteiger partial charge >= 0.3 is 6.18 Å². The van der Waals surface area contributed by atoms with Gasteiger partial charge in [-0.15, -0.1) is 0 Å². The zero-order valence-electron chi connectivity index (χ0n) is 19.1. The number of benzene rings is 2. The van der Waals surface area contributed by atoms with Crippen LogP contribution in [0.5, 0.6) is 11.5 Å². The molecule has 2 aromatic carbocycles. The largest absolute Gasteiger partial charge is 0.457 e. The van der Waals surface area contributed by atoms with Crippen molar-refractivity contribution in [1.82, 2.24) is 4.98 Å². The summed E-state index contributed by atoms with van der Waals surface area (Å²) in [6.45, 7) is 0. The van der Waals surface area contributed by atoms with E-state index in [1.807, 2.05) is 0 Å². The molecule has 12 heteroatoms. The van der Waals surface area contributed by atoms with Gasteiger partial charge in [0.05, 0.1) is 11.3 Å². The summed E-state index contributed by atoms with van der Waals surface area (Å²) in [6, 6.07) is 10.5. The maximum atomic E-state index is 13.7. The van der Waals surface area contributed by atoms with Gasteiger partial charge in [0.1, 0.15) is 29.6 Å². The molecule has 1 aromatic heterocycles. The van der Waals surface area contributed by atoms with Crippen LogP contribution in [-0.4, -0.2) is 22.7 Å². The Morgan fingerprint density at radius 1 is 0.892 bits per heavy atom. The van der Waals surface area contributed by atoms with Crippen molar-refractivity contribution >= 4 is 34.9 Å². The molecule has 1 aliphatic carbocycles. The molecule has 4 rings (SSSR count). The van der Waals surface area contributed by atoms with Crippen LogP contribution in [0.4, 0.5) is 34.8 Å². The number of aromatic nitrogens is 1. The number of carbonyl (C=O) groups excluding carboxylic acids is 3. The third-order valence-electron chi connectivity index (χ3n) is 5.19. The number of rotatable bonds is 8. The van der Waals surface area contributed by atoms with Gasteiger partial charge in [-0.05, 0) is 61.4 Å². The molecule has 1 fully saturated rings. The number of pyridine rings is 1. The Labute approximate surface area is 208 Å². The van der Waals surface area contributed by atoms with Crippen molar-refractivity contribution in [3.63, 3.8) is 0 Å². The Bertz CT molecular complexity index is 1330. The molecule has 8 nitrogen and oxygen atoms in total. The average molecular weight is 516 g/mol. The van der Waals surface area contributed by atoms with Crippen LogP contribution in [0.2, 0.25) is 0 Å². The normalized spacial score (nSPS) is 13.0. The molecule has 1 heterocycles. The highest BCUT2D eigenvalue weighted by Gasteiger charge is 2.35. The molecule has 192 valence electrons. The van der Waals surface area contributed by atoms with Gasteiger partial charge in [0.15, 0.2) is 0 Å². The van der Waals surface area contributed by atoms with E-state index >= 15 is 0 Å². The molecule has 1 saturated carbocycles. The second kappa shape index (κ2) is 10.6. The molecule has 0 atom stereocenters. The third kappa shape index (κ3) is 7.26. The van der Waals surface area contributed by atoms with Crippen molar-refractivity contribution in [3.05, 3.63) is 72.2 Å². The number of hydrogen-bond acceptors (Lipinski definition) is 5. The van der Waals surface area contributed by atoms with Gasteiger partial charge < -0.3 is 20.7 Å². The fourth-order valence-corrected chi connectivity index (χ4v) is 3.26. The second-order valence-corrected chi connectivity index (χ2v) is 8.23. The number of nitrogens with one attached hydrogen (secondary N) is 3. The van der Waals surface area contributed by atoms with Crippen LogP contribution in [0.25, 0.3) is 0 Å². The minimum Gasteiger partial charge on any atom is -0.457 e. The first-order chi connectivity index (χ1) is 17.6. The number of halogens is 4. The molecule has 1 aliphatic rings. The first kappa shape index (κ1) is 25.6. The summed E-state index contributed by atoms with van der Waals surface area (Å²) < 4.78 is 59.6. The number of ether oxygens (including phenoxy) is 1. The first-order valence-corrected chi connectivity index (χ1v) is 11.1. The van der Waals surface area contributed by atoms with Gasteiger partial charge in [-0.25, -0.2) is 9.37 Å². The van der Waals surface area contributed by atoms with Crippen molar-refractivity contribution in [2.24, 2.45) is 5.92 Å². The van der Waals surface area contributed by atoms with Gasteiger partial charge in [0.25, 0.3) is 0 Å². The zero-order valence-corrected chi connectivity index (χ0v) is 19.1. The summed E-state index contributed by atoms with van der Waals surface area (Å²) in [5.41, 5.74) is -1.52. The highest BCUT2D eigenvalue weighted by molar-refractivity contribution is 6.08. The van der Waals surface area contributed by atoms with Crippen molar-refractivity contribution in [1.29, 1.82) is 0 Å². The number of hydrogen-bond donors (Lipinski definition) is 3. The van der Waals surface area contributed by atoms with Gasteiger partial charge in [-0.1, -0.05) is 0 Å². The SMILES string of the molecule is O=C(CC(=O)Nc1ccc(Oc2ccnc(NC(=O)C3CC3)c2)cc1C(F)(F)F)Nc1ccc(F)cc1. The molecule has 0 aliphatic heterocycles. The Morgan fingerprint density at radius 3 is 2.24 bits per heavy atom. The lowest BCUT2D eigenvalue weighted by molar-refractivity contribution is -0.137. The van der Waals surface area contributed by atoms with Crippen molar-refractivity contribution in [2.45, 2.75) is 25.4 Å². The Balaban J connectivity index is 1.42. The molecule has 0 unspecified atom stereocenters. The average Bonchev–Trinajstić information content (AvgIpc) is 3.67. The highest BCUT2D eigenvalue weighted by Crippen LogP contribution is 2.38. The summed E-state index contributed by atoms with van der Waals surface area (Å²) >= 11 is 0. The maximum Gasteiger partial charge on any atom is 0.418 e. The van der Waals surface area contributed by atoms with Gasteiger partial charge in [0, 0.05) is 23.9 Å². The predicted octanol–water partition coefficient (Wildman–Crippen LogP) is 5.35. The number of nitrogens with zero attached hydrogens (tertiary/aromatic N) is 1. The minimum absolute atomic E-state index is 0.0579. The van der Waals surface area contributed by atoms with E-state index in [4.69, 9.17) is 4.74 Å². The summed E-state index contributed by atoms with van der Waals surface area (Å²) in [6.07, 6.45) is -2.68. The lowest BCUT2D eigenvalue weighted by Gasteiger charge is -2.16. The van der Waals surface area contributed by atoms with Crippen LogP contribution in [0, 0.1) is 11.7 Å². The van der Waals surface area contributed by atoms with E-state index in [2.05, 4.69) is 20.9 Å². The fourth-order valence-electron chi connectivity index (χ4n) is 3.26. The van der Waals surface area contributed by atoms with Crippen LogP contribution in [-0.2, 0) is 20.6 Å². The minimum atomic E-state index is -4.85. The van der Waals surface area contributed by atoms with Gasteiger partial charge in [-0.2, -0.15) is 13.2 Å². The maximum absolute atomic E-state index is 13.7. The van der Waals surface area contributed by atoms with E-state index in [0.717, 1.165) is 31.0 Å². The van der Waals surface area contributed by atoms with Crippen molar-refractivity contribution in [2.75, 3.05) is 16.0 Å². The molecular weight excluding hydrogens is 496 g/mol. The van der Waals surface area contributed by atoms with E-state index < -0.39 is 41.5 Å². The van der Waals surface area contributed by atoms with E-state index in [9.17, 15) is 31.9 Å². The Kier molecular flexibility index (Phi) is 7.37. The molecule has 0 bridgehead atoms. The smallest absolute Gasteiger partial charge is 0.418 e. The topological polar surface area (TPSA) is 109 Å². The molecule has 0 spiro atoms. The molecule has 0 saturated heterocycles. The molecule has 3 amide bonds. The van der Waals surface area contributed by atoms with E-state index in [1.165, 1.54) is 36.5 Å². The first-order valence-electron chi connectivity index (χ1n) is 11.1. The standard InChI is InChI=1S/C25H20F4N4O4/c26-15-3-5-16(6-4-15)31-22(34)13-23(35)32-20-8-7-17(11-19(20)25(27,28)29)37-18-9-10-30-21(12-18)33-24(36)14-1-2-14/h3-12,14H,1-2,13H2,(H,31,34)(H,32,35)(H,30,33,36). The monoisotopic (exact) mass is 516 g/mol. The highest BCUT2D eigenvalue weighted by atomic mass is 19.4. The Hall–Kier alpha value is -4.48. The van der Waals surface area contributed by atoms with Crippen molar-refractivity contribution < 1.29 is 36.7 Å². The molecule has 3 N–H and O–H groups in total. The van der Waals surface area contributed by atoms with Crippen LogP contribution in [0.3, 0.4) is 0 Å². The van der Waals surface area contributed by atoms with Crippen LogP contribution >= 0.6 is 0 Å².